The second-order valence-electron chi connectivity index (χ2n) is 6.02. The molecule has 1 aromatic heterocycles. The van der Waals surface area contributed by atoms with Crippen molar-refractivity contribution in [2.75, 3.05) is 11.4 Å². The van der Waals surface area contributed by atoms with E-state index in [0.717, 1.165) is 22.5 Å². The number of para-hydroxylation sites is 1. The fraction of sp³-hybridized carbons (Fsp3) is 0.200. The largest absolute Gasteiger partial charge is 0.306 e. The molecule has 0 aliphatic carbocycles. The Morgan fingerprint density at radius 1 is 1.15 bits per heavy atom. The van der Waals surface area contributed by atoms with E-state index < -0.39 is 0 Å². The molecule has 0 spiro atoms. The Kier molecular flexibility index (Phi) is 5.09. The van der Waals surface area contributed by atoms with Crippen LogP contribution in [0.15, 0.2) is 54.7 Å². The van der Waals surface area contributed by atoms with Gasteiger partial charge in [0, 0.05) is 12.2 Å². The number of amides is 1. The fourth-order valence-corrected chi connectivity index (χ4v) is 2.61. The number of aryl methyl sites for hydroxylation is 2. The zero-order chi connectivity index (χ0) is 18.5. The van der Waals surface area contributed by atoms with E-state index in [2.05, 4.69) is 16.4 Å². The molecule has 26 heavy (non-hydrogen) atoms. The van der Waals surface area contributed by atoms with Crippen molar-refractivity contribution in [3.05, 3.63) is 71.5 Å². The minimum Gasteiger partial charge on any atom is -0.306 e. The van der Waals surface area contributed by atoms with Crippen molar-refractivity contribution in [2.24, 2.45) is 0 Å². The van der Waals surface area contributed by atoms with E-state index in [1.54, 1.807) is 15.8 Å². The second-order valence-corrected chi connectivity index (χ2v) is 6.02. The van der Waals surface area contributed by atoms with E-state index in [0.29, 0.717) is 6.54 Å². The van der Waals surface area contributed by atoms with Crippen molar-refractivity contribution in [2.45, 2.75) is 20.3 Å². The van der Waals surface area contributed by atoms with Gasteiger partial charge in [-0.3, -0.25) is 4.79 Å². The van der Waals surface area contributed by atoms with Crippen LogP contribution in [-0.2, 0) is 0 Å². The third-order valence-corrected chi connectivity index (χ3v) is 4.23. The van der Waals surface area contributed by atoms with Crippen LogP contribution < -0.4 is 4.90 Å². The Morgan fingerprint density at radius 3 is 2.62 bits per heavy atom. The summed E-state index contributed by atoms with van der Waals surface area (Å²) in [6.07, 6.45) is 1.85. The summed E-state index contributed by atoms with van der Waals surface area (Å²) in [4.78, 5) is 14.6. The number of nitriles is 1. The Hall–Kier alpha value is -3.46. The summed E-state index contributed by atoms with van der Waals surface area (Å²) < 4.78 is 1.57. The third-order valence-electron chi connectivity index (χ3n) is 4.23. The molecule has 0 saturated carbocycles. The first-order chi connectivity index (χ1) is 12.6. The molecule has 0 aliphatic heterocycles. The Balaban J connectivity index is 1.92. The van der Waals surface area contributed by atoms with Gasteiger partial charge < -0.3 is 4.90 Å². The lowest BCUT2D eigenvalue weighted by Crippen LogP contribution is -2.32. The zero-order valence-electron chi connectivity index (χ0n) is 14.8. The molecule has 130 valence electrons. The third kappa shape index (κ3) is 3.62. The van der Waals surface area contributed by atoms with Crippen LogP contribution in [-0.4, -0.2) is 27.4 Å². The van der Waals surface area contributed by atoms with Crippen molar-refractivity contribution in [3.8, 4) is 11.8 Å². The number of carbonyl (C=O) groups excluding carboxylic acids is 1. The number of aromatic nitrogens is 3. The number of benzene rings is 2. The van der Waals surface area contributed by atoms with Crippen molar-refractivity contribution >= 4 is 11.6 Å². The molecule has 3 rings (SSSR count). The van der Waals surface area contributed by atoms with Crippen LogP contribution in [0.2, 0.25) is 0 Å². The van der Waals surface area contributed by atoms with Crippen molar-refractivity contribution in [1.82, 2.24) is 15.0 Å². The van der Waals surface area contributed by atoms with Gasteiger partial charge in [0.25, 0.3) is 5.91 Å². The van der Waals surface area contributed by atoms with Gasteiger partial charge >= 0.3 is 0 Å². The number of carbonyl (C=O) groups is 1. The van der Waals surface area contributed by atoms with E-state index in [9.17, 15) is 4.79 Å². The smallest absolute Gasteiger partial charge is 0.280 e. The molecule has 2 aromatic carbocycles. The van der Waals surface area contributed by atoms with Crippen LogP contribution in [0.5, 0.6) is 0 Å². The Labute approximate surface area is 152 Å². The molecule has 3 aromatic rings. The number of anilines is 1. The van der Waals surface area contributed by atoms with E-state index >= 15 is 0 Å². The van der Waals surface area contributed by atoms with Crippen molar-refractivity contribution in [3.63, 3.8) is 0 Å². The van der Waals surface area contributed by atoms with Gasteiger partial charge in [0.2, 0.25) is 0 Å². The molecule has 0 fully saturated rings. The normalized spacial score (nSPS) is 10.3. The maximum Gasteiger partial charge on any atom is 0.280 e. The van der Waals surface area contributed by atoms with Crippen LogP contribution in [0, 0.1) is 25.2 Å². The molecule has 0 aliphatic rings. The zero-order valence-corrected chi connectivity index (χ0v) is 14.8. The SMILES string of the molecule is Cc1ccc(N(CCC#N)C(=O)c2cn(-c3ccccc3)nn2)cc1C. The van der Waals surface area contributed by atoms with Gasteiger partial charge in [-0.25, -0.2) is 4.68 Å². The van der Waals surface area contributed by atoms with Crippen LogP contribution in [0.1, 0.15) is 28.0 Å². The highest BCUT2D eigenvalue weighted by Gasteiger charge is 2.21. The lowest BCUT2D eigenvalue weighted by molar-refractivity contribution is 0.0982. The minimum absolute atomic E-state index is 0.241. The minimum atomic E-state index is -0.273. The highest BCUT2D eigenvalue weighted by Crippen LogP contribution is 2.21. The summed E-state index contributed by atoms with van der Waals surface area (Å²) in [7, 11) is 0. The van der Waals surface area contributed by atoms with Gasteiger partial charge in [0.05, 0.1) is 24.4 Å². The predicted octanol–water partition coefficient (Wildman–Crippen LogP) is 3.44. The molecule has 6 nitrogen and oxygen atoms in total. The summed E-state index contributed by atoms with van der Waals surface area (Å²) in [5, 5.41) is 17.0. The summed E-state index contributed by atoms with van der Waals surface area (Å²) in [6, 6.07) is 17.4. The highest BCUT2D eigenvalue weighted by molar-refractivity contribution is 6.04. The van der Waals surface area contributed by atoms with Crippen LogP contribution in [0.25, 0.3) is 5.69 Å². The van der Waals surface area contributed by atoms with Crippen LogP contribution in [0.4, 0.5) is 5.69 Å². The molecule has 1 heterocycles. The number of nitrogens with zero attached hydrogens (tertiary/aromatic N) is 5. The highest BCUT2D eigenvalue weighted by atomic mass is 16.2. The molecular formula is C20H19N5O. The summed E-state index contributed by atoms with van der Waals surface area (Å²) in [5.74, 6) is -0.273. The topological polar surface area (TPSA) is 74.8 Å². The molecule has 0 bridgehead atoms. The maximum absolute atomic E-state index is 13.0. The summed E-state index contributed by atoms with van der Waals surface area (Å²) >= 11 is 0. The number of hydrogen-bond acceptors (Lipinski definition) is 4. The predicted molar refractivity (Wildman–Crippen MR) is 99.2 cm³/mol. The molecule has 0 radical (unpaired) electrons. The molecule has 6 heteroatoms. The molecular weight excluding hydrogens is 326 g/mol. The lowest BCUT2D eigenvalue weighted by atomic mass is 10.1. The molecule has 0 N–H and O–H groups in total. The number of hydrogen-bond donors (Lipinski definition) is 0. The lowest BCUT2D eigenvalue weighted by Gasteiger charge is -2.21. The van der Waals surface area contributed by atoms with E-state index in [1.165, 1.54) is 0 Å². The van der Waals surface area contributed by atoms with Gasteiger partial charge in [0.1, 0.15) is 0 Å². The monoisotopic (exact) mass is 345 g/mol. The molecule has 0 atom stereocenters. The second kappa shape index (κ2) is 7.62. The summed E-state index contributed by atoms with van der Waals surface area (Å²) in [5.41, 5.74) is 4.06. The first-order valence-electron chi connectivity index (χ1n) is 8.34. The van der Waals surface area contributed by atoms with Crippen molar-refractivity contribution < 1.29 is 4.79 Å². The number of rotatable bonds is 5. The van der Waals surface area contributed by atoms with E-state index in [1.807, 2.05) is 62.4 Å². The van der Waals surface area contributed by atoms with Gasteiger partial charge in [-0.1, -0.05) is 29.5 Å². The van der Waals surface area contributed by atoms with E-state index in [4.69, 9.17) is 5.26 Å². The standard InChI is InChI=1S/C20H19N5O/c1-15-9-10-18(13-16(15)2)24(12-6-11-21)20(26)19-14-25(23-22-19)17-7-4-3-5-8-17/h3-5,7-10,13-14H,6,12H2,1-2H3. The first kappa shape index (κ1) is 17.4. The summed E-state index contributed by atoms with van der Waals surface area (Å²) in [6.45, 7) is 4.32. The quantitative estimate of drug-likeness (QED) is 0.710. The van der Waals surface area contributed by atoms with E-state index in [-0.39, 0.29) is 18.0 Å². The maximum atomic E-state index is 13.0. The Morgan fingerprint density at radius 2 is 1.92 bits per heavy atom. The average Bonchev–Trinajstić information content (AvgIpc) is 3.15. The Bertz CT molecular complexity index is 956. The first-order valence-corrected chi connectivity index (χ1v) is 8.34. The average molecular weight is 345 g/mol. The van der Waals surface area contributed by atoms with Crippen LogP contribution >= 0.6 is 0 Å². The molecule has 0 saturated heterocycles. The van der Waals surface area contributed by atoms with Crippen molar-refractivity contribution in [1.29, 1.82) is 5.26 Å². The van der Waals surface area contributed by atoms with Gasteiger partial charge in [-0.15, -0.1) is 5.10 Å². The van der Waals surface area contributed by atoms with Crippen LogP contribution in [0.3, 0.4) is 0 Å². The molecule has 1 amide bonds. The van der Waals surface area contributed by atoms with Gasteiger partial charge in [-0.2, -0.15) is 5.26 Å². The fourth-order valence-electron chi connectivity index (χ4n) is 2.61. The molecule has 0 unspecified atom stereocenters. The van der Waals surface area contributed by atoms with Gasteiger partial charge in [-0.05, 0) is 49.2 Å². The van der Waals surface area contributed by atoms with Gasteiger partial charge in [0.15, 0.2) is 5.69 Å².